The molecule has 1 amide bonds. The van der Waals surface area contributed by atoms with Gasteiger partial charge in [-0.05, 0) is 30.0 Å². The van der Waals surface area contributed by atoms with Crippen LogP contribution in [0.15, 0.2) is 12.1 Å². The third-order valence-corrected chi connectivity index (χ3v) is 3.76. The SMILES string of the molecule is Cc1cc(Cl)c(NC(=O)CC(N)C(C)(C)C)cc1Cl. The summed E-state index contributed by atoms with van der Waals surface area (Å²) in [4.78, 5) is 11.9. The van der Waals surface area contributed by atoms with Gasteiger partial charge in [-0.15, -0.1) is 0 Å². The standard InChI is InChI=1S/C14H20Cl2N2O/c1-8-5-10(16)11(6-9(8)15)18-13(19)7-12(17)14(2,3)4/h5-6,12H,7,17H2,1-4H3,(H,18,19). The fourth-order valence-corrected chi connectivity index (χ4v) is 1.88. The lowest BCUT2D eigenvalue weighted by Crippen LogP contribution is -2.38. The smallest absolute Gasteiger partial charge is 0.225 e. The molecule has 106 valence electrons. The number of hydrogen-bond acceptors (Lipinski definition) is 2. The van der Waals surface area contributed by atoms with Crippen LogP contribution in [0.5, 0.6) is 0 Å². The maximum absolute atomic E-state index is 11.9. The third kappa shape index (κ3) is 4.68. The van der Waals surface area contributed by atoms with Crippen molar-refractivity contribution >= 4 is 34.8 Å². The zero-order valence-corrected chi connectivity index (χ0v) is 13.2. The first-order chi connectivity index (χ1) is 8.61. The van der Waals surface area contributed by atoms with Crippen LogP contribution in [0.1, 0.15) is 32.8 Å². The molecule has 0 spiro atoms. The highest BCUT2D eigenvalue weighted by molar-refractivity contribution is 6.36. The normalized spacial score (nSPS) is 13.2. The Kier molecular flexibility index (Phi) is 5.25. The Morgan fingerprint density at radius 1 is 1.32 bits per heavy atom. The second-order valence-electron chi connectivity index (χ2n) is 5.81. The van der Waals surface area contributed by atoms with Gasteiger partial charge in [-0.2, -0.15) is 0 Å². The maximum Gasteiger partial charge on any atom is 0.225 e. The van der Waals surface area contributed by atoms with Gasteiger partial charge in [-0.25, -0.2) is 0 Å². The number of nitrogens with two attached hydrogens (primary N) is 1. The zero-order chi connectivity index (χ0) is 14.8. The van der Waals surface area contributed by atoms with Crippen molar-refractivity contribution in [3.63, 3.8) is 0 Å². The first kappa shape index (κ1) is 16.3. The zero-order valence-electron chi connectivity index (χ0n) is 11.7. The van der Waals surface area contributed by atoms with Gasteiger partial charge in [0.25, 0.3) is 0 Å². The van der Waals surface area contributed by atoms with E-state index in [1.165, 1.54) is 0 Å². The molecule has 1 aromatic rings. The molecule has 0 bridgehead atoms. The molecular weight excluding hydrogens is 283 g/mol. The van der Waals surface area contributed by atoms with Crippen LogP contribution < -0.4 is 11.1 Å². The van der Waals surface area contributed by atoms with Crippen LogP contribution in [0.3, 0.4) is 0 Å². The lowest BCUT2D eigenvalue weighted by molar-refractivity contribution is -0.117. The molecule has 19 heavy (non-hydrogen) atoms. The predicted octanol–water partition coefficient (Wildman–Crippen LogP) is 4.00. The van der Waals surface area contributed by atoms with Crippen LogP contribution in [0.4, 0.5) is 5.69 Å². The molecule has 3 N–H and O–H groups in total. The minimum absolute atomic E-state index is 0.119. The monoisotopic (exact) mass is 302 g/mol. The van der Waals surface area contributed by atoms with E-state index in [9.17, 15) is 4.79 Å². The van der Waals surface area contributed by atoms with Crippen molar-refractivity contribution in [3.05, 3.63) is 27.7 Å². The first-order valence-electron chi connectivity index (χ1n) is 6.12. The Balaban J connectivity index is 2.76. The number of anilines is 1. The molecule has 1 atom stereocenters. The van der Waals surface area contributed by atoms with Crippen LogP contribution in [-0.4, -0.2) is 11.9 Å². The van der Waals surface area contributed by atoms with Crippen molar-refractivity contribution in [2.24, 2.45) is 11.1 Å². The van der Waals surface area contributed by atoms with Crippen LogP contribution in [0, 0.1) is 12.3 Å². The molecule has 0 heterocycles. The van der Waals surface area contributed by atoms with Crippen LogP contribution in [0.25, 0.3) is 0 Å². The minimum atomic E-state index is -0.216. The quantitative estimate of drug-likeness (QED) is 0.886. The molecule has 1 unspecified atom stereocenters. The van der Waals surface area contributed by atoms with E-state index in [1.54, 1.807) is 12.1 Å². The molecule has 3 nitrogen and oxygen atoms in total. The van der Waals surface area contributed by atoms with Gasteiger partial charge in [0.2, 0.25) is 5.91 Å². The van der Waals surface area contributed by atoms with E-state index in [2.05, 4.69) is 5.32 Å². The summed E-state index contributed by atoms with van der Waals surface area (Å²) in [7, 11) is 0. The molecule has 5 heteroatoms. The number of hydrogen-bond donors (Lipinski definition) is 2. The van der Waals surface area contributed by atoms with Crippen LogP contribution in [-0.2, 0) is 4.79 Å². The van der Waals surface area contributed by atoms with E-state index in [4.69, 9.17) is 28.9 Å². The molecular formula is C14H20Cl2N2O. The van der Waals surface area contributed by atoms with Gasteiger partial charge < -0.3 is 11.1 Å². The van der Waals surface area contributed by atoms with Crippen molar-refractivity contribution in [2.75, 3.05) is 5.32 Å². The van der Waals surface area contributed by atoms with Gasteiger partial charge in [-0.1, -0.05) is 44.0 Å². The molecule has 0 radical (unpaired) electrons. The summed E-state index contributed by atoms with van der Waals surface area (Å²) in [5, 5.41) is 3.79. The summed E-state index contributed by atoms with van der Waals surface area (Å²) in [5.41, 5.74) is 7.25. The molecule has 0 aliphatic rings. The van der Waals surface area contributed by atoms with Crippen LogP contribution >= 0.6 is 23.2 Å². The number of nitrogens with one attached hydrogen (secondary N) is 1. The van der Waals surface area contributed by atoms with Gasteiger partial charge in [0.1, 0.15) is 0 Å². The lowest BCUT2D eigenvalue weighted by Gasteiger charge is -2.26. The molecule has 1 aromatic carbocycles. The average molecular weight is 303 g/mol. The van der Waals surface area contributed by atoms with Gasteiger partial charge in [-0.3, -0.25) is 4.79 Å². The van der Waals surface area contributed by atoms with E-state index in [-0.39, 0.29) is 23.8 Å². The fraction of sp³-hybridized carbons (Fsp3) is 0.500. The van der Waals surface area contributed by atoms with E-state index >= 15 is 0 Å². The summed E-state index contributed by atoms with van der Waals surface area (Å²) in [5.74, 6) is -0.163. The van der Waals surface area contributed by atoms with Gasteiger partial charge >= 0.3 is 0 Å². The second-order valence-corrected chi connectivity index (χ2v) is 6.62. The number of halogens is 2. The van der Waals surface area contributed by atoms with E-state index in [1.807, 2.05) is 27.7 Å². The van der Waals surface area contributed by atoms with Crippen molar-refractivity contribution in [1.29, 1.82) is 0 Å². The molecule has 0 aromatic heterocycles. The highest BCUT2D eigenvalue weighted by Gasteiger charge is 2.23. The molecule has 1 rings (SSSR count). The molecule has 0 saturated heterocycles. The second kappa shape index (κ2) is 6.12. The van der Waals surface area contributed by atoms with Crippen molar-refractivity contribution in [1.82, 2.24) is 0 Å². The Labute approximate surface area is 124 Å². The molecule has 0 saturated carbocycles. The summed E-state index contributed by atoms with van der Waals surface area (Å²) in [6, 6.07) is 3.16. The van der Waals surface area contributed by atoms with Crippen molar-refractivity contribution in [3.8, 4) is 0 Å². The largest absolute Gasteiger partial charge is 0.327 e. The first-order valence-corrected chi connectivity index (χ1v) is 6.88. The molecule has 0 fully saturated rings. The number of rotatable bonds is 3. The highest BCUT2D eigenvalue weighted by Crippen LogP contribution is 2.29. The number of amides is 1. The number of benzene rings is 1. The van der Waals surface area contributed by atoms with Crippen LogP contribution in [0.2, 0.25) is 10.0 Å². The summed E-state index contributed by atoms with van der Waals surface area (Å²) < 4.78 is 0. The predicted molar refractivity (Wildman–Crippen MR) is 81.9 cm³/mol. The van der Waals surface area contributed by atoms with E-state index in [0.29, 0.717) is 15.7 Å². The van der Waals surface area contributed by atoms with Gasteiger partial charge in [0.05, 0.1) is 10.7 Å². The average Bonchev–Trinajstić information content (AvgIpc) is 2.24. The fourth-order valence-electron chi connectivity index (χ4n) is 1.45. The molecule has 0 aliphatic heterocycles. The topological polar surface area (TPSA) is 55.1 Å². The van der Waals surface area contributed by atoms with Crippen molar-refractivity contribution in [2.45, 2.75) is 40.2 Å². The minimum Gasteiger partial charge on any atom is -0.327 e. The third-order valence-electron chi connectivity index (χ3n) is 3.04. The number of aryl methyl sites for hydroxylation is 1. The Hall–Kier alpha value is -0.770. The Morgan fingerprint density at radius 2 is 1.89 bits per heavy atom. The van der Waals surface area contributed by atoms with E-state index in [0.717, 1.165) is 5.56 Å². The highest BCUT2D eigenvalue weighted by atomic mass is 35.5. The Morgan fingerprint density at radius 3 is 2.42 bits per heavy atom. The Bertz CT molecular complexity index is 481. The van der Waals surface area contributed by atoms with E-state index < -0.39 is 0 Å². The van der Waals surface area contributed by atoms with Gasteiger partial charge in [0.15, 0.2) is 0 Å². The number of carbonyl (C=O) groups is 1. The van der Waals surface area contributed by atoms with Gasteiger partial charge in [0, 0.05) is 17.5 Å². The summed E-state index contributed by atoms with van der Waals surface area (Å²) >= 11 is 12.1. The number of carbonyl (C=O) groups excluding carboxylic acids is 1. The maximum atomic E-state index is 11.9. The molecule has 0 aliphatic carbocycles. The summed E-state index contributed by atoms with van der Waals surface area (Å²) in [6.45, 7) is 7.86. The van der Waals surface area contributed by atoms with Crippen molar-refractivity contribution < 1.29 is 4.79 Å². The lowest BCUT2D eigenvalue weighted by atomic mass is 9.85. The summed E-state index contributed by atoms with van der Waals surface area (Å²) in [6.07, 6.45) is 0.241.